The molecule has 0 spiro atoms. The van der Waals surface area contributed by atoms with Crippen molar-refractivity contribution in [1.82, 2.24) is 9.21 Å². The fraction of sp³-hybridized carbons (Fsp3) is 0.611. The first-order valence-corrected chi connectivity index (χ1v) is 10.6. The molecule has 0 unspecified atom stereocenters. The van der Waals surface area contributed by atoms with E-state index in [1.165, 1.54) is 17.6 Å². The van der Waals surface area contributed by atoms with E-state index in [0.29, 0.717) is 26.1 Å². The molecule has 0 N–H and O–H groups in total. The third-order valence-electron chi connectivity index (χ3n) is 5.19. The largest absolute Gasteiger partial charge is 0.454 e. The summed E-state index contributed by atoms with van der Waals surface area (Å²) >= 11 is 0. The van der Waals surface area contributed by atoms with Crippen molar-refractivity contribution in [3.05, 3.63) is 23.8 Å². The van der Waals surface area contributed by atoms with Crippen LogP contribution < -0.4 is 9.47 Å². The Hall–Kier alpha value is -1.80. The molecule has 1 aromatic rings. The first-order valence-electron chi connectivity index (χ1n) is 8.74. The topological polar surface area (TPSA) is 76.2 Å². The average molecular weight is 382 g/mol. The van der Waals surface area contributed by atoms with Crippen LogP contribution in [0.5, 0.6) is 11.5 Å². The minimum Gasteiger partial charge on any atom is -0.454 e. The summed E-state index contributed by atoms with van der Waals surface area (Å²) in [5, 5.41) is 0. The van der Waals surface area contributed by atoms with Crippen molar-refractivity contribution in [3.8, 4) is 11.5 Å². The Morgan fingerprint density at radius 2 is 2.00 bits per heavy atom. The van der Waals surface area contributed by atoms with Crippen LogP contribution in [0.1, 0.15) is 25.3 Å². The van der Waals surface area contributed by atoms with Gasteiger partial charge in [0.25, 0.3) is 0 Å². The Kier molecular flexibility index (Phi) is 5.16. The number of nitrogens with zero attached hydrogens (tertiary/aromatic N) is 2. The molecule has 1 saturated heterocycles. The second-order valence-electron chi connectivity index (χ2n) is 7.57. The maximum Gasteiger partial charge on any atom is 0.231 e. The molecule has 2 aliphatic heterocycles. The van der Waals surface area contributed by atoms with Crippen molar-refractivity contribution in [2.24, 2.45) is 5.41 Å². The second-order valence-corrected chi connectivity index (χ2v) is 9.66. The first-order chi connectivity index (χ1) is 12.2. The molecule has 0 aromatic heterocycles. The van der Waals surface area contributed by atoms with Gasteiger partial charge in [0.05, 0.1) is 6.26 Å². The third-order valence-corrected chi connectivity index (χ3v) is 6.50. The number of piperidine rings is 1. The number of sulfonamides is 1. The summed E-state index contributed by atoms with van der Waals surface area (Å²) in [7, 11) is -1.70. The van der Waals surface area contributed by atoms with E-state index in [9.17, 15) is 13.2 Å². The van der Waals surface area contributed by atoms with Crippen molar-refractivity contribution in [2.75, 3.05) is 39.7 Å². The van der Waals surface area contributed by atoms with Gasteiger partial charge in [-0.25, -0.2) is 12.7 Å². The molecule has 1 fully saturated rings. The number of hydrogen-bond acceptors (Lipinski definition) is 5. The molecular weight excluding hydrogens is 356 g/mol. The molecule has 0 saturated carbocycles. The molecule has 3 rings (SSSR count). The molecule has 0 radical (unpaired) electrons. The van der Waals surface area contributed by atoms with Crippen molar-refractivity contribution in [2.45, 2.75) is 26.2 Å². The summed E-state index contributed by atoms with van der Waals surface area (Å²) in [6, 6.07) is 5.97. The number of rotatable bonds is 6. The number of amides is 1. The van der Waals surface area contributed by atoms with Gasteiger partial charge in [0.1, 0.15) is 0 Å². The van der Waals surface area contributed by atoms with Crippen molar-refractivity contribution >= 4 is 15.9 Å². The van der Waals surface area contributed by atoms with E-state index in [1.807, 2.05) is 18.2 Å². The Bertz CT molecular complexity index is 795. The molecule has 2 aliphatic rings. The molecule has 1 amide bonds. The molecule has 8 heteroatoms. The van der Waals surface area contributed by atoms with Crippen molar-refractivity contribution in [1.29, 1.82) is 0 Å². The highest BCUT2D eigenvalue weighted by molar-refractivity contribution is 7.88. The normalized spacial score (nSPS) is 22.9. The SMILES string of the molecule is CN(CCN1C[C@@](C)(Cc2ccc3c(c2)OCO3)CCC1=O)S(C)(=O)=O. The number of carbonyl (C=O) groups is 1. The van der Waals surface area contributed by atoms with E-state index < -0.39 is 10.0 Å². The lowest BCUT2D eigenvalue weighted by Crippen LogP contribution is -2.48. The molecule has 7 nitrogen and oxygen atoms in total. The third kappa shape index (κ3) is 4.29. The van der Waals surface area contributed by atoms with E-state index in [0.717, 1.165) is 29.9 Å². The standard InChI is InChI=1S/C18H26N2O5S/c1-18(11-14-4-5-15-16(10-14)25-13-24-15)7-6-17(21)20(12-18)9-8-19(2)26(3,22)23/h4-5,10H,6-9,11-13H2,1-3H3/t18-/m1/s1. The minimum absolute atomic E-state index is 0.0503. The number of hydrogen-bond donors (Lipinski definition) is 0. The van der Waals surface area contributed by atoms with Gasteiger partial charge in [-0.1, -0.05) is 13.0 Å². The number of carbonyl (C=O) groups excluding carboxylic acids is 1. The monoisotopic (exact) mass is 382 g/mol. The number of ether oxygens (including phenoxy) is 2. The van der Waals surface area contributed by atoms with E-state index in [2.05, 4.69) is 6.92 Å². The molecule has 0 aliphatic carbocycles. The van der Waals surface area contributed by atoms with Gasteiger partial charge in [0.2, 0.25) is 22.7 Å². The summed E-state index contributed by atoms with van der Waals surface area (Å²) < 4.78 is 35.2. The van der Waals surface area contributed by atoms with E-state index in [4.69, 9.17) is 9.47 Å². The smallest absolute Gasteiger partial charge is 0.231 e. The second kappa shape index (κ2) is 7.08. The average Bonchev–Trinajstić information content (AvgIpc) is 3.02. The Balaban J connectivity index is 1.65. The van der Waals surface area contributed by atoms with E-state index in [1.54, 1.807) is 4.90 Å². The zero-order chi connectivity index (χ0) is 18.9. The molecule has 2 heterocycles. The number of likely N-dealkylation sites (tertiary alicyclic amines) is 1. The zero-order valence-electron chi connectivity index (χ0n) is 15.5. The van der Waals surface area contributed by atoms with Crippen LogP contribution in [0.2, 0.25) is 0 Å². The van der Waals surface area contributed by atoms with Crippen LogP contribution in [-0.4, -0.2) is 63.3 Å². The summed E-state index contributed by atoms with van der Waals surface area (Å²) in [5.74, 6) is 1.63. The van der Waals surface area contributed by atoms with Crippen LogP contribution >= 0.6 is 0 Å². The highest BCUT2D eigenvalue weighted by Crippen LogP contribution is 2.37. The summed E-state index contributed by atoms with van der Waals surface area (Å²) in [6.07, 6.45) is 3.31. The first kappa shape index (κ1) is 19.0. The molecule has 1 aromatic carbocycles. The molecule has 1 atom stereocenters. The quantitative estimate of drug-likeness (QED) is 0.745. The minimum atomic E-state index is -3.23. The Morgan fingerprint density at radius 3 is 2.73 bits per heavy atom. The van der Waals surface area contributed by atoms with Crippen LogP contribution in [0, 0.1) is 5.41 Å². The van der Waals surface area contributed by atoms with Gasteiger partial charge in [-0.2, -0.15) is 0 Å². The van der Waals surface area contributed by atoms with E-state index >= 15 is 0 Å². The van der Waals surface area contributed by atoms with Crippen LogP contribution in [0.3, 0.4) is 0 Å². The zero-order valence-corrected chi connectivity index (χ0v) is 16.3. The maximum atomic E-state index is 12.3. The highest BCUT2D eigenvalue weighted by atomic mass is 32.2. The number of fused-ring (bicyclic) bond motifs is 1. The summed E-state index contributed by atoms with van der Waals surface area (Å²) in [5.41, 5.74) is 1.10. The van der Waals surface area contributed by atoms with Gasteiger partial charge in [-0.05, 0) is 36.0 Å². The fourth-order valence-corrected chi connectivity index (χ4v) is 3.93. The van der Waals surface area contributed by atoms with Gasteiger partial charge < -0.3 is 14.4 Å². The molecule has 0 bridgehead atoms. The van der Waals surface area contributed by atoms with Crippen LogP contribution in [0.25, 0.3) is 0 Å². The molecular formula is C18H26N2O5S. The molecule has 26 heavy (non-hydrogen) atoms. The lowest BCUT2D eigenvalue weighted by molar-refractivity contribution is -0.137. The lowest BCUT2D eigenvalue weighted by atomic mass is 9.76. The van der Waals surface area contributed by atoms with Gasteiger partial charge in [0, 0.05) is 33.1 Å². The summed E-state index contributed by atoms with van der Waals surface area (Å²) in [6.45, 7) is 3.78. The van der Waals surface area contributed by atoms with Crippen molar-refractivity contribution < 1.29 is 22.7 Å². The van der Waals surface area contributed by atoms with Crippen LogP contribution in [0.4, 0.5) is 0 Å². The maximum absolute atomic E-state index is 12.3. The summed E-state index contributed by atoms with van der Waals surface area (Å²) in [4.78, 5) is 14.1. The number of likely N-dealkylation sites (N-methyl/N-ethyl adjacent to an activating group) is 1. The van der Waals surface area contributed by atoms with Gasteiger partial charge in [-0.3, -0.25) is 4.79 Å². The Labute approximate surface area is 154 Å². The van der Waals surface area contributed by atoms with Crippen LogP contribution in [-0.2, 0) is 21.2 Å². The van der Waals surface area contributed by atoms with Crippen LogP contribution in [0.15, 0.2) is 18.2 Å². The number of benzene rings is 1. The molecule has 144 valence electrons. The van der Waals surface area contributed by atoms with Gasteiger partial charge in [0.15, 0.2) is 11.5 Å². The predicted molar refractivity (Wildman–Crippen MR) is 97.7 cm³/mol. The van der Waals surface area contributed by atoms with E-state index in [-0.39, 0.29) is 18.1 Å². The van der Waals surface area contributed by atoms with Crippen molar-refractivity contribution in [3.63, 3.8) is 0 Å². The lowest BCUT2D eigenvalue weighted by Gasteiger charge is -2.41. The highest BCUT2D eigenvalue weighted by Gasteiger charge is 2.35. The van der Waals surface area contributed by atoms with Gasteiger partial charge in [-0.15, -0.1) is 0 Å². The Morgan fingerprint density at radius 1 is 1.27 bits per heavy atom. The fourth-order valence-electron chi connectivity index (χ4n) is 3.51. The van der Waals surface area contributed by atoms with Gasteiger partial charge >= 0.3 is 0 Å². The predicted octanol–water partition coefficient (Wildman–Crippen LogP) is 1.48.